The quantitative estimate of drug-likeness (QED) is 0.168. The molecule has 0 aromatic heterocycles. The van der Waals surface area contributed by atoms with E-state index in [1.165, 1.54) is 6.92 Å². The average molecular weight is 618 g/mol. The molecule has 1 aliphatic heterocycles. The Morgan fingerprint density at radius 2 is 1.62 bits per heavy atom. The van der Waals surface area contributed by atoms with E-state index < -0.39 is 12.4 Å². The number of hydrogen-bond donors (Lipinski definition) is 4. The molecule has 0 unspecified atom stereocenters. The zero-order valence-corrected chi connectivity index (χ0v) is 26.5. The largest absolute Gasteiger partial charge is 0.392 e. The van der Waals surface area contributed by atoms with Crippen molar-refractivity contribution in [3.05, 3.63) is 101 Å². The molecule has 1 saturated heterocycles. The van der Waals surface area contributed by atoms with Gasteiger partial charge in [-0.05, 0) is 55.6 Å². The van der Waals surface area contributed by atoms with E-state index in [2.05, 4.69) is 15.5 Å². The molecule has 3 aromatic rings. The van der Waals surface area contributed by atoms with Crippen LogP contribution in [0.5, 0.6) is 0 Å². The van der Waals surface area contributed by atoms with Crippen LogP contribution >= 0.6 is 0 Å². The van der Waals surface area contributed by atoms with Gasteiger partial charge in [-0.15, -0.1) is 0 Å². The summed E-state index contributed by atoms with van der Waals surface area (Å²) in [5.41, 5.74) is 4.26. The number of benzene rings is 3. The topological polar surface area (TPSA) is 120 Å². The van der Waals surface area contributed by atoms with Gasteiger partial charge in [0, 0.05) is 50.1 Å². The molecule has 0 bridgehead atoms. The molecule has 0 aliphatic carbocycles. The van der Waals surface area contributed by atoms with E-state index in [9.17, 15) is 19.8 Å². The molecule has 1 fully saturated rings. The number of aliphatic hydroxyl groups is 2. The molecule has 3 aromatic carbocycles. The maximum Gasteiger partial charge on any atom is 0.224 e. The molecule has 5 atom stereocenters. The number of unbranched alkanes of at least 4 members (excludes halogenated alkanes) is 2. The third-order valence-electron chi connectivity index (χ3n) is 8.32. The van der Waals surface area contributed by atoms with Gasteiger partial charge in [0.05, 0.1) is 24.9 Å². The Kier molecular flexibility index (Phi) is 13.1. The standard InChI is InChI=1S/C36H47N3O6/c1-25(35(43)29-10-6-4-7-11-29)39(3)23-32-22-33(28-15-13-27(24-40)14-16-28)45-36(44-32)30-17-19-31(20-18-30)38-34(42)12-8-5-9-21-37-26(2)41/h4,6-7,10-11,13-20,25,32-33,35-36,40,43H,5,8-9,12,21-24H2,1-3H3,(H,37,41)(H,38,42)/t25-,32-,33+,35-,36+/m1/s1. The van der Waals surface area contributed by atoms with Crippen LogP contribution in [0.3, 0.4) is 0 Å². The SMILES string of the molecule is CC(=O)NCCCCCC(=O)Nc1ccc([C@H]2O[C@@H](CN(C)[C@H](C)[C@@H](O)c3ccccc3)C[C@@H](c3ccc(CO)cc3)O2)cc1. The number of anilines is 1. The lowest BCUT2D eigenvalue weighted by Gasteiger charge is -2.39. The lowest BCUT2D eigenvalue weighted by Crippen LogP contribution is -2.43. The summed E-state index contributed by atoms with van der Waals surface area (Å²) in [5, 5.41) is 26.2. The Morgan fingerprint density at radius 1 is 0.933 bits per heavy atom. The Morgan fingerprint density at radius 3 is 2.29 bits per heavy atom. The van der Waals surface area contributed by atoms with E-state index in [1.54, 1.807) is 0 Å². The van der Waals surface area contributed by atoms with Crippen LogP contribution in [0, 0.1) is 0 Å². The predicted octanol–water partition coefficient (Wildman–Crippen LogP) is 5.41. The van der Waals surface area contributed by atoms with E-state index in [1.807, 2.05) is 92.8 Å². The van der Waals surface area contributed by atoms with Gasteiger partial charge in [-0.2, -0.15) is 0 Å². The Labute approximate surface area is 266 Å². The fourth-order valence-corrected chi connectivity index (χ4v) is 5.49. The number of aliphatic hydroxyl groups excluding tert-OH is 2. The van der Waals surface area contributed by atoms with Crippen LogP contribution in [0.2, 0.25) is 0 Å². The van der Waals surface area contributed by atoms with Crippen molar-refractivity contribution in [3.63, 3.8) is 0 Å². The second-order valence-electron chi connectivity index (χ2n) is 11.8. The second kappa shape index (κ2) is 17.2. The van der Waals surface area contributed by atoms with E-state index in [0.29, 0.717) is 31.6 Å². The highest BCUT2D eigenvalue weighted by Crippen LogP contribution is 2.38. The summed E-state index contributed by atoms with van der Waals surface area (Å²) in [6, 6.07) is 24.8. The zero-order chi connectivity index (χ0) is 32.2. The van der Waals surface area contributed by atoms with Gasteiger partial charge in [0.25, 0.3) is 0 Å². The lowest BCUT2D eigenvalue weighted by atomic mass is 9.98. The van der Waals surface area contributed by atoms with E-state index in [4.69, 9.17) is 9.47 Å². The fourth-order valence-electron chi connectivity index (χ4n) is 5.49. The minimum atomic E-state index is -0.639. The molecule has 4 N–H and O–H groups in total. The van der Waals surface area contributed by atoms with Gasteiger partial charge in [-0.3, -0.25) is 14.5 Å². The van der Waals surface area contributed by atoms with Crippen molar-refractivity contribution in [2.45, 2.75) is 83.2 Å². The lowest BCUT2D eigenvalue weighted by molar-refractivity contribution is -0.253. The number of nitrogens with zero attached hydrogens (tertiary/aromatic N) is 1. The maximum absolute atomic E-state index is 12.5. The van der Waals surface area contributed by atoms with E-state index in [-0.39, 0.29) is 36.7 Å². The minimum Gasteiger partial charge on any atom is -0.392 e. The molecule has 0 spiro atoms. The van der Waals surface area contributed by atoms with Crippen LogP contribution in [-0.4, -0.2) is 59.2 Å². The van der Waals surface area contributed by atoms with Gasteiger partial charge in [0.2, 0.25) is 11.8 Å². The highest BCUT2D eigenvalue weighted by atomic mass is 16.7. The number of nitrogens with one attached hydrogen (secondary N) is 2. The van der Waals surface area contributed by atoms with Crippen molar-refractivity contribution < 1.29 is 29.3 Å². The van der Waals surface area contributed by atoms with E-state index >= 15 is 0 Å². The number of likely N-dealkylation sites (N-methyl/N-ethyl adjacent to an activating group) is 1. The van der Waals surface area contributed by atoms with Crippen molar-refractivity contribution >= 4 is 17.5 Å². The number of carbonyl (C=O) groups is 2. The van der Waals surface area contributed by atoms with Crippen molar-refractivity contribution in [2.75, 3.05) is 25.5 Å². The smallest absolute Gasteiger partial charge is 0.224 e. The summed E-state index contributed by atoms with van der Waals surface area (Å²) < 4.78 is 13.0. The monoisotopic (exact) mass is 617 g/mol. The van der Waals surface area contributed by atoms with Crippen molar-refractivity contribution in [3.8, 4) is 0 Å². The molecule has 1 heterocycles. The summed E-state index contributed by atoms with van der Waals surface area (Å²) in [6.07, 6.45) is 1.85. The first-order valence-electron chi connectivity index (χ1n) is 15.8. The van der Waals surface area contributed by atoms with Gasteiger partial charge < -0.3 is 30.3 Å². The highest BCUT2D eigenvalue weighted by Gasteiger charge is 2.34. The van der Waals surface area contributed by atoms with Gasteiger partial charge in [0.15, 0.2) is 6.29 Å². The van der Waals surface area contributed by atoms with Crippen molar-refractivity contribution in [2.24, 2.45) is 0 Å². The molecule has 45 heavy (non-hydrogen) atoms. The summed E-state index contributed by atoms with van der Waals surface area (Å²) in [4.78, 5) is 25.5. The molecule has 9 nitrogen and oxygen atoms in total. The number of hydrogen-bond acceptors (Lipinski definition) is 7. The Balaban J connectivity index is 1.39. The summed E-state index contributed by atoms with van der Waals surface area (Å²) in [5.74, 6) is -0.0858. The third kappa shape index (κ3) is 10.5. The molecule has 9 heteroatoms. The maximum atomic E-state index is 12.5. The number of carbonyl (C=O) groups excluding carboxylic acids is 2. The molecule has 0 radical (unpaired) electrons. The van der Waals surface area contributed by atoms with Gasteiger partial charge >= 0.3 is 0 Å². The highest BCUT2D eigenvalue weighted by molar-refractivity contribution is 5.90. The summed E-state index contributed by atoms with van der Waals surface area (Å²) in [6.45, 7) is 4.71. The zero-order valence-electron chi connectivity index (χ0n) is 26.5. The van der Waals surface area contributed by atoms with Gasteiger partial charge in [-0.1, -0.05) is 73.2 Å². The van der Waals surface area contributed by atoms with Crippen LogP contribution < -0.4 is 10.6 Å². The molecular weight excluding hydrogens is 570 g/mol. The van der Waals surface area contributed by atoms with E-state index in [0.717, 1.165) is 41.5 Å². The number of amides is 2. The summed E-state index contributed by atoms with van der Waals surface area (Å²) in [7, 11) is 2.00. The Hall–Kier alpha value is -3.60. The number of rotatable bonds is 15. The van der Waals surface area contributed by atoms with Crippen LogP contribution in [0.1, 0.15) is 86.7 Å². The van der Waals surface area contributed by atoms with Crippen LogP contribution in [-0.2, 0) is 25.7 Å². The molecular formula is C36H47N3O6. The predicted molar refractivity (Wildman–Crippen MR) is 174 cm³/mol. The van der Waals surface area contributed by atoms with Gasteiger partial charge in [-0.25, -0.2) is 0 Å². The average Bonchev–Trinajstić information content (AvgIpc) is 3.06. The van der Waals surface area contributed by atoms with Crippen molar-refractivity contribution in [1.29, 1.82) is 0 Å². The first-order valence-corrected chi connectivity index (χ1v) is 15.8. The van der Waals surface area contributed by atoms with Crippen LogP contribution in [0.15, 0.2) is 78.9 Å². The van der Waals surface area contributed by atoms with Crippen LogP contribution in [0.25, 0.3) is 0 Å². The third-order valence-corrected chi connectivity index (χ3v) is 8.32. The molecule has 0 saturated carbocycles. The first kappa shape index (κ1) is 34.3. The number of ether oxygens (including phenoxy) is 2. The Bertz CT molecular complexity index is 1340. The minimum absolute atomic E-state index is 0.0198. The normalized spacial score (nSPS) is 19.6. The summed E-state index contributed by atoms with van der Waals surface area (Å²) >= 11 is 0. The molecule has 1 aliphatic rings. The fraction of sp³-hybridized carbons (Fsp3) is 0.444. The molecule has 2 amide bonds. The van der Waals surface area contributed by atoms with Gasteiger partial charge in [0.1, 0.15) is 0 Å². The van der Waals surface area contributed by atoms with Crippen molar-refractivity contribution in [1.82, 2.24) is 10.2 Å². The molecule has 242 valence electrons. The second-order valence-corrected chi connectivity index (χ2v) is 11.8. The van der Waals surface area contributed by atoms with Crippen LogP contribution in [0.4, 0.5) is 5.69 Å². The first-order chi connectivity index (χ1) is 21.7. The molecule has 4 rings (SSSR count).